The van der Waals surface area contributed by atoms with Gasteiger partial charge >= 0.3 is 0 Å². The molecule has 0 aliphatic heterocycles. The predicted molar refractivity (Wildman–Crippen MR) is 61.0 cm³/mol. The van der Waals surface area contributed by atoms with E-state index in [2.05, 4.69) is 5.92 Å². The molecule has 0 saturated heterocycles. The smallest absolute Gasteiger partial charge is 0.120 e. The number of ether oxygens (including phenoxy) is 1. The molecule has 0 heterocycles. The minimum Gasteiger partial charge on any atom is -0.491 e. The highest BCUT2D eigenvalue weighted by Gasteiger charge is 2.04. The number of benzene rings is 1. The Bertz CT molecular complexity index is 344. The van der Waals surface area contributed by atoms with Crippen LogP contribution < -0.4 is 4.74 Å². The average Bonchev–Trinajstić information content (AvgIpc) is 2.23. The van der Waals surface area contributed by atoms with Crippen LogP contribution in [-0.2, 0) is 0 Å². The first-order valence-corrected chi connectivity index (χ1v) is 5.10. The Balaban J connectivity index is 2.34. The summed E-state index contributed by atoms with van der Waals surface area (Å²) in [5.41, 5.74) is 0. The molecule has 1 atom stereocenters. The van der Waals surface area contributed by atoms with Crippen LogP contribution >= 0.6 is 11.6 Å². The van der Waals surface area contributed by atoms with Crippen LogP contribution in [0.15, 0.2) is 24.3 Å². The van der Waals surface area contributed by atoms with Crippen molar-refractivity contribution < 1.29 is 9.84 Å². The molecule has 0 amide bonds. The van der Waals surface area contributed by atoms with Crippen molar-refractivity contribution in [3.63, 3.8) is 0 Å². The second-order valence-corrected chi connectivity index (χ2v) is 3.60. The van der Waals surface area contributed by atoms with Gasteiger partial charge in [0.05, 0.1) is 6.10 Å². The van der Waals surface area contributed by atoms with Gasteiger partial charge in [-0.05, 0) is 24.6 Å². The highest BCUT2D eigenvalue weighted by atomic mass is 35.5. The third-order valence-corrected chi connectivity index (χ3v) is 2.10. The third kappa shape index (κ3) is 4.73. The summed E-state index contributed by atoms with van der Waals surface area (Å²) >= 11 is 5.77. The standard InChI is InChI=1S/C12H13ClO2/c1-2-3-6-11(14)9-15-12-7-4-5-10(13)8-12/h1,4-5,7-8,11,14H,3,6,9H2. The van der Waals surface area contributed by atoms with Crippen LogP contribution in [0, 0.1) is 12.3 Å². The van der Waals surface area contributed by atoms with Gasteiger partial charge in [0.2, 0.25) is 0 Å². The summed E-state index contributed by atoms with van der Waals surface area (Å²) in [4.78, 5) is 0. The summed E-state index contributed by atoms with van der Waals surface area (Å²) in [6.45, 7) is 0.238. The summed E-state index contributed by atoms with van der Waals surface area (Å²) in [6.07, 6.45) is 5.67. The van der Waals surface area contributed by atoms with Crippen molar-refractivity contribution in [1.82, 2.24) is 0 Å². The summed E-state index contributed by atoms with van der Waals surface area (Å²) in [7, 11) is 0. The molecule has 0 aromatic heterocycles. The first-order valence-electron chi connectivity index (χ1n) is 4.72. The van der Waals surface area contributed by atoms with E-state index in [0.29, 0.717) is 23.6 Å². The fourth-order valence-corrected chi connectivity index (χ4v) is 1.26. The van der Waals surface area contributed by atoms with Gasteiger partial charge in [0.25, 0.3) is 0 Å². The van der Waals surface area contributed by atoms with Crippen LogP contribution in [0.25, 0.3) is 0 Å². The number of aliphatic hydroxyl groups excluding tert-OH is 1. The highest BCUT2D eigenvalue weighted by molar-refractivity contribution is 6.30. The molecule has 0 radical (unpaired) electrons. The lowest BCUT2D eigenvalue weighted by Crippen LogP contribution is -2.17. The SMILES string of the molecule is C#CCCC(O)COc1cccc(Cl)c1. The largest absolute Gasteiger partial charge is 0.491 e. The van der Waals surface area contributed by atoms with Crippen molar-refractivity contribution >= 4 is 11.6 Å². The fraction of sp³-hybridized carbons (Fsp3) is 0.333. The summed E-state index contributed by atoms with van der Waals surface area (Å²) < 4.78 is 5.34. The van der Waals surface area contributed by atoms with Gasteiger partial charge in [-0.25, -0.2) is 0 Å². The lowest BCUT2D eigenvalue weighted by Gasteiger charge is -2.10. The van der Waals surface area contributed by atoms with Crippen molar-refractivity contribution in [3.8, 4) is 18.1 Å². The zero-order chi connectivity index (χ0) is 11.1. The molecule has 0 saturated carbocycles. The minimum atomic E-state index is -0.528. The topological polar surface area (TPSA) is 29.5 Å². The van der Waals surface area contributed by atoms with Gasteiger partial charge in [-0.3, -0.25) is 0 Å². The third-order valence-electron chi connectivity index (χ3n) is 1.86. The Morgan fingerprint density at radius 1 is 1.53 bits per heavy atom. The Morgan fingerprint density at radius 3 is 3.00 bits per heavy atom. The normalized spacial score (nSPS) is 11.8. The van der Waals surface area contributed by atoms with Gasteiger partial charge in [0, 0.05) is 11.4 Å². The zero-order valence-corrected chi connectivity index (χ0v) is 9.07. The number of hydrogen-bond donors (Lipinski definition) is 1. The van der Waals surface area contributed by atoms with Gasteiger partial charge in [0.15, 0.2) is 0 Å². The quantitative estimate of drug-likeness (QED) is 0.779. The van der Waals surface area contributed by atoms with E-state index < -0.39 is 6.10 Å². The van der Waals surface area contributed by atoms with E-state index in [1.807, 2.05) is 0 Å². The number of hydrogen-bond acceptors (Lipinski definition) is 2. The molecular weight excluding hydrogens is 212 g/mol. The Morgan fingerprint density at radius 2 is 2.33 bits per heavy atom. The van der Waals surface area contributed by atoms with Gasteiger partial charge < -0.3 is 9.84 Å². The van der Waals surface area contributed by atoms with Gasteiger partial charge in [0.1, 0.15) is 12.4 Å². The zero-order valence-electron chi connectivity index (χ0n) is 8.32. The molecule has 1 N–H and O–H groups in total. The molecule has 0 fully saturated rings. The van der Waals surface area contributed by atoms with Gasteiger partial charge in [-0.15, -0.1) is 12.3 Å². The molecule has 1 rings (SSSR count). The summed E-state index contributed by atoms with van der Waals surface area (Å²) in [5, 5.41) is 10.1. The van der Waals surface area contributed by atoms with Crippen LogP contribution in [0.3, 0.4) is 0 Å². The monoisotopic (exact) mass is 224 g/mol. The number of halogens is 1. The second-order valence-electron chi connectivity index (χ2n) is 3.17. The summed E-state index contributed by atoms with van der Waals surface area (Å²) in [6, 6.07) is 7.06. The maximum atomic E-state index is 9.46. The van der Waals surface area contributed by atoms with Gasteiger partial charge in [-0.2, -0.15) is 0 Å². The first-order chi connectivity index (χ1) is 7.22. The fourth-order valence-electron chi connectivity index (χ4n) is 1.08. The summed E-state index contributed by atoms with van der Waals surface area (Å²) in [5.74, 6) is 3.12. The van der Waals surface area contributed by atoms with Crippen molar-refractivity contribution in [2.45, 2.75) is 18.9 Å². The van der Waals surface area contributed by atoms with E-state index in [9.17, 15) is 5.11 Å². The number of terminal acetylenes is 1. The minimum absolute atomic E-state index is 0.238. The van der Waals surface area contributed by atoms with Gasteiger partial charge in [-0.1, -0.05) is 17.7 Å². The van der Waals surface area contributed by atoms with Crippen LogP contribution in [0.5, 0.6) is 5.75 Å². The molecule has 15 heavy (non-hydrogen) atoms. The lowest BCUT2D eigenvalue weighted by molar-refractivity contribution is 0.101. The molecule has 3 heteroatoms. The van der Waals surface area contributed by atoms with Crippen molar-refractivity contribution in [3.05, 3.63) is 29.3 Å². The number of rotatable bonds is 5. The van der Waals surface area contributed by atoms with Crippen LogP contribution in [0.4, 0.5) is 0 Å². The molecule has 80 valence electrons. The van der Waals surface area contributed by atoms with E-state index in [1.54, 1.807) is 24.3 Å². The van der Waals surface area contributed by atoms with Crippen molar-refractivity contribution in [2.75, 3.05) is 6.61 Å². The molecule has 1 aromatic carbocycles. The highest BCUT2D eigenvalue weighted by Crippen LogP contribution is 2.17. The molecule has 1 unspecified atom stereocenters. The molecule has 0 aliphatic carbocycles. The molecule has 0 aliphatic rings. The average molecular weight is 225 g/mol. The Hall–Kier alpha value is -1.17. The maximum Gasteiger partial charge on any atom is 0.120 e. The predicted octanol–water partition coefficient (Wildman–Crippen LogP) is 2.49. The lowest BCUT2D eigenvalue weighted by atomic mass is 10.2. The molecule has 0 spiro atoms. The van der Waals surface area contributed by atoms with Crippen LogP contribution in [0.1, 0.15) is 12.8 Å². The van der Waals surface area contributed by atoms with Crippen LogP contribution in [0.2, 0.25) is 5.02 Å². The second kappa shape index (κ2) is 6.34. The van der Waals surface area contributed by atoms with Crippen molar-refractivity contribution in [1.29, 1.82) is 0 Å². The number of aliphatic hydroxyl groups is 1. The van der Waals surface area contributed by atoms with Crippen LogP contribution in [-0.4, -0.2) is 17.8 Å². The maximum absolute atomic E-state index is 9.46. The first kappa shape index (κ1) is 11.9. The Labute approximate surface area is 94.8 Å². The molecule has 0 bridgehead atoms. The molecule has 1 aromatic rings. The van der Waals surface area contributed by atoms with E-state index >= 15 is 0 Å². The molecular formula is C12H13ClO2. The van der Waals surface area contributed by atoms with Crippen molar-refractivity contribution in [2.24, 2.45) is 0 Å². The van der Waals surface area contributed by atoms with E-state index in [4.69, 9.17) is 22.8 Å². The van der Waals surface area contributed by atoms with E-state index in [1.165, 1.54) is 0 Å². The molecule has 2 nitrogen and oxygen atoms in total. The van der Waals surface area contributed by atoms with E-state index in [-0.39, 0.29) is 6.61 Å². The van der Waals surface area contributed by atoms with E-state index in [0.717, 1.165) is 0 Å². The Kier molecular flexibility index (Phi) is 5.03.